The zero-order chi connectivity index (χ0) is 32.9. The maximum atomic E-state index is 15.4. The van der Waals surface area contributed by atoms with E-state index in [9.17, 15) is 9.59 Å². The van der Waals surface area contributed by atoms with Crippen LogP contribution in [-0.2, 0) is 14.9 Å². The first-order valence-corrected chi connectivity index (χ1v) is 16.0. The van der Waals surface area contributed by atoms with Crippen LogP contribution in [0.4, 0.5) is 15.0 Å². The Morgan fingerprint density at radius 3 is 2.11 bits per heavy atom. The van der Waals surface area contributed by atoms with Crippen molar-refractivity contribution in [1.82, 2.24) is 15.3 Å². The number of aromatic nitrogens is 2. The van der Waals surface area contributed by atoms with Crippen molar-refractivity contribution >= 4 is 17.7 Å². The molecule has 2 saturated carbocycles. The molecule has 1 N–H and O–H groups in total. The number of Topliss-reactive ketones (excluding diaryl/α,β-unsaturated/α-hetero) is 1. The summed E-state index contributed by atoms with van der Waals surface area (Å²) in [6.45, 7) is 12.9. The molecular weight excluding hydrogens is 587 g/mol. The van der Waals surface area contributed by atoms with Crippen LogP contribution in [0, 0.1) is 11.2 Å². The fraction of sp³-hybridized carbons (Fsp3) is 0.500. The minimum Gasteiger partial charge on any atom is -0.490 e. The third-order valence-electron chi connectivity index (χ3n) is 9.26. The molecule has 1 aliphatic heterocycles. The van der Waals surface area contributed by atoms with E-state index >= 15 is 4.39 Å². The molecular formula is C36H43FN4O5. The number of hydrogen-bond donors (Lipinski definition) is 1. The van der Waals surface area contributed by atoms with Crippen LogP contribution < -0.4 is 19.7 Å². The number of ketones is 1. The Balaban J connectivity index is 1.01. The lowest BCUT2D eigenvalue weighted by Gasteiger charge is -2.55. The third-order valence-corrected chi connectivity index (χ3v) is 9.26. The number of nitrogens with zero attached hydrogens (tertiary/aromatic N) is 3. The van der Waals surface area contributed by atoms with Crippen molar-refractivity contribution < 1.29 is 28.2 Å². The molecule has 46 heavy (non-hydrogen) atoms. The molecule has 0 unspecified atom stereocenters. The van der Waals surface area contributed by atoms with Crippen molar-refractivity contribution in [3.8, 4) is 11.5 Å². The Kier molecular flexibility index (Phi) is 8.19. The maximum Gasteiger partial charge on any atom is 0.407 e. The van der Waals surface area contributed by atoms with E-state index in [1.54, 1.807) is 6.92 Å². The van der Waals surface area contributed by atoms with Gasteiger partial charge < -0.3 is 24.4 Å². The van der Waals surface area contributed by atoms with Gasteiger partial charge in [-0.15, -0.1) is 0 Å². The Bertz CT molecular complexity index is 1580. The van der Waals surface area contributed by atoms with Crippen molar-refractivity contribution in [2.45, 2.75) is 96.5 Å². The minimum absolute atomic E-state index is 0.00571. The second kappa shape index (κ2) is 11.9. The fourth-order valence-corrected chi connectivity index (χ4v) is 6.57. The average molecular weight is 631 g/mol. The van der Waals surface area contributed by atoms with E-state index in [2.05, 4.69) is 41.3 Å². The molecule has 3 aromatic rings. The summed E-state index contributed by atoms with van der Waals surface area (Å²) in [5, 5.41) is 2.90. The smallest absolute Gasteiger partial charge is 0.407 e. The van der Waals surface area contributed by atoms with Crippen molar-refractivity contribution in [2.75, 3.05) is 18.0 Å². The number of carbonyl (C=O) groups is 2. The van der Waals surface area contributed by atoms with Crippen molar-refractivity contribution in [3.63, 3.8) is 0 Å². The summed E-state index contributed by atoms with van der Waals surface area (Å²) in [6.07, 6.45) is 3.06. The van der Waals surface area contributed by atoms with E-state index in [-0.39, 0.29) is 40.3 Å². The van der Waals surface area contributed by atoms with Gasteiger partial charge in [-0.1, -0.05) is 38.1 Å². The van der Waals surface area contributed by atoms with Crippen molar-refractivity contribution in [1.29, 1.82) is 0 Å². The van der Waals surface area contributed by atoms with Crippen LogP contribution in [0.1, 0.15) is 90.2 Å². The predicted octanol–water partition coefficient (Wildman–Crippen LogP) is 6.69. The first kappa shape index (κ1) is 31.8. The second-order valence-electron chi connectivity index (χ2n) is 14.6. The largest absolute Gasteiger partial charge is 0.490 e. The summed E-state index contributed by atoms with van der Waals surface area (Å²) in [6, 6.07) is 16.0. The molecule has 2 aliphatic carbocycles. The number of rotatable bonds is 9. The minimum atomic E-state index is -0.618. The van der Waals surface area contributed by atoms with Crippen LogP contribution in [0.2, 0.25) is 0 Å². The quantitative estimate of drug-likeness (QED) is 0.279. The lowest BCUT2D eigenvalue weighted by atomic mass is 9.63. The highest BCUT2D eigenvalue weighted by atomic mass is 19.1. The molecule has 1 saturated heterocycles. The number of benzene rings is 2. The van der Waals surface area contributed by atoms with E-state index in [4.69, 9.17) is 14.2 Å². The zero-order valence-corrected chi connectivity index (χ0v) is 27.4. The van der Waals surface area contributed by atoms with Crippen LogP contribution in [0.3, 0.4) is 0 Å². The van der Waals surface area contributed by atoms with Gasteiger partial charge in [-0.25, -0.2) is 19.2 Å². The van der Waals surface area contributed by atoms with Crippen LogP contribution in [0.25, 0.3) is 0 Å². The van der Waals surface area contributed by atoms with Crippen LogP contribution in [-0.4, -0.2) is 52.7 Å². The Morgan fingerprint density at radius 1 is 0.957 bits per heavy atom. The Morgan fingerprint density at radius 2 is 1.54 bits per heavy atom. The van der Waals surface area contributed by atoms with Crippen LogP contribution >= 0.6 is 0 Å². The van der Waals surface area contributed by atoms with E-state index in [0.717, 1.165) is 29.7 Å². The molecule has 0 radical (unpaired) electrons. The standard InChI is InChI=1S/C36H43FN4O5/c1-22(31-30(37)32(39-21-38-31)41-19-36(20-41)17-26(42)18-36)44-27-11-7-23(8-12-27)35(5,6)24-9-13-28(14-10-24)45-29-15-25(16-29)40-33(43)46-34(2,3)4/h7-14,21-22,25,29H,15-20H2,1-6H3,(H,40,43)/t22-,25?,29?/m1/s1. The van der Waals surface area contributed by atoms with Gasteiger partial charge in [0.15, 0.2) is 11.6 Å². The van der Waals surface area contributed by atoms with Crippen LogP contribution in [0.15, 0.2) is 54.9 Å². The third kappa shape index (κ3) is 6.66. The molecule has 2 heterocycles. The molecule has 2 aromatic carbocycles. The first-order valence-electron chi connectivity index (χ1n) is 16.0. The summed E-state index contributed by atoms with van der Waals surface area (Å²) in [5.41, 5.74) is 1.65. The van der Waals surface area contributed by atoms with Gasteiger partial charge in [0.25, 0.3) is 0 Å². The molecule has 244 valence electrons. The lowest BCUT2D eigenvalue weighted by molar-refractivity contribution is -0.134. The monoisotopic (exact) mass is 630 g/mol. The van der Waals surface area contributed by atoms with E-state index in [0.29, 0.717) is 31.7 Å². The highest BCUT2D eigenvalue weighted by molar-refractivity contribution is 5.87. The number of amides is 1. The van der Waals surface area contributed by atoms with Gasteiger partial charge in [-0.3, -0.25) is 4.79 Å². The molecule has 1 aromatic heterocycles. The van der Waals surface area contributed by atoms with Gasteiger partial charge in [0.05, 0.1) is 0 Å². The summed E-state index contributed by atoms with van der Waals surface area (Å²) >= 11 is 0. The molecule has 1 spiro atoms. The molecule has 3 aliphatic rings. The SMILES string of the molecule is C[C@@H](Oc1ccc(C(C)(C)c2ccc(OC3CC(NC(=O)OC(C)(C)C)C3)cc2)cc1)c1ncnc(N2CC3(CC(=O)C3)C2)c1F. The zero-order valence-electron chi connectivity index (χ0n) is 27.4. The van der Waals surface area contributed by atoms with Gasteiger partial charge in [-0.2, -0.15) is 0 Å². The molecule has 10 heteroatoms. The van der Waals surface area contributed by atoms with Gasteiger partial charge in [0.1, 0.15) is 47.1 Å². The van der Waals surface area contributed by atoms with Gasteiger partial charge >= 0.3 is 6.09 Å². The Hall–Kier alpha value is -4.21. The van der Waals surface area contributed by atoms with E-state index < -0.39 is 23.6 Å². The van der Waals surface area contributed by atoms with Gasteiger partial charge in [0.2, 0.25) is 0 Å². The summed E-state index contributed by atoms with van der Waals surface area (Å²) in [4.78, 5) is 33.7. The fourth-order valence-electron chi connectivity index (χ4n) is 6.57. The first-order chi connectivity index (χ1) is 21.7. The maximum absolute atomic E-state index is 15.4. The van der Waals surface area contributed by atoms with Gasteiger partial charge in [0, 0.05) is 55.6 Å². The number of carbonyl (C=O) groups excluding carboxylic acids is 2. The van der Waals surface area contributed by atoms with Crippen molar-refractivity contribution in [3.05, 3.63) is 77.5 Å². The number of halogens is 1. The predicted molar refractivity (Wildman–Crippen MR) is 172 cm³/mol. The molecule has 1 atom stereocenters. The Labute approximate surface area is 269 Å². The number of anilines is 1. The van der Waals surface area contributed by atoms with Crippen LogP contribution in [0.5, 0.6) is 11.5 Å². The molecule has 3 fully saturated rings. The topological polar surface area (TPSA) is 103 Å². The van der Waals surface area contributed by atoms with Crippen molar-refractivity contribution in [2.24, 2.45) is 5.41 Å². The highest BCUT2D eigenvalue weighted by Gasteiger charge is 2.53. The molecule has 6 rings (SSSR count). The summed E-state index contributed by atoms with van der Waals surface area (Å²) < 4.78 is 33.0. The summed E-state index contributed by atoms with van der Waals surface area (Å²) in [7, 11) is 0. The normalized spacial score (nSPS) is 21.0. The average Bonchev–Trinajstić information content (AvgIpc) is 2.93. The number of ether oxygens (including phenoxy) is 3. The van der Waals surface area contributed by atoms with E-state index in [1.807, 2.05) is 62.1 Å². The summed E-state index contributed by atoms with van der Waals surface area (Å²) in [5.74, 6) is 1.48. The molecule has 9 nitrogen and oxygen atoms in total. The lowest BCUT2D eigenvalue weighted by Crippen LogP contribution is -2.63. The number of alkyl carbamates (subject to hydrolysis) is 1. The number of hydrogen-bond acceptors (Lipinski definition) is 8. The molecule has 1 amide bonds. The number of nitrogens with one attached hydrogen (secondary N) is 1. The molecule has 0 bridgehead atoms. The van der Waals surface area contributed by atoms with E-state index in [1.165, 1.54) is 6.33 Å². The second-order valence-corrected chi connectivity index (χ2v) is 14.6. The highest BCUT2D eigenvalue weighted by Crippen LogP contribution is 2.47. The van der Waals surface area contributed by atoms with Gasteiger partial charge in [-0.05, 0) is 63.1 Å².